The highest BCUT2D eigenvalue weighted by Gasteiger charge is 2.24. The zero-order chi connectivity index (χ0) is 19.0. The lowest BCUT2D eigenvalue weighted by atomic mass is 10.2. The van der Waals surface area contributed by atoms with Crippen LogP contribution in [0.2, 0.25) is 0 Å². The molecule has 1 N–H and O–H groups in total. The van der Waals surface area contributed by atoms with Gasteiger partial charge in [-0.1, -0.05) is 12.1 Å². The predicted octanol–water partition coefficient (Wildman–Crippen LogP) is -0.536. The maximum Gasteiger partial charge on any atom is 0.340 e. The summed E-state index contributed by atoms with van der Waals surface area (Å²) in [5.74, 6) is -2.15. The van der Waals surface area contributed by atoms with Crippen molar-refractivity contribution in [3.63, 3.8) is 0 Å². The van der Waals surface area contributed by atoms with E-state index in [1.54, 1.807) is 0 Å². The second-order valence-electron chi connectivity index (χ2n) is 5.44. The molecule has 3 aromatic rings. The highest BCUT2D eigenvalue weighted by molar-refractivity contribution is 5.99. The molecule has 0 saturated carbocycles. The van der Waals surface area contributed by atoms with E-state index in [2.05, 4.69) is 9.72 Å². The fraction of sp³-hybridized carbons (Fsp3) is 0.188. The number of aryl methyl sites for hydroxylation is 1. The Morgan fingerprint density at radius 1 is 1.23 bits per heavy atom. The van der Waals surface area contributed by atoms with Gasteiger partial charge in [-0.15, -0.1) is 0 Å². The van der Waals surface area contributed by atoms with Gasteiger partial charge in [0, 0.05) is 7.05 Å². The zero-order valence-electron chi connectivity index (χ0n) is 13.9. The van der Waals surface area contributed by atoms with E-state index in [9.17, 15) is 24.3 Å². The summed E-state index contributed by atoms with van der Waals surface area (Å²) in [5, 5.41) is 9.87. The molecule has 2 heterocycles. The van der Waals surface area contributed by atoms with Crippen molar-refractivity contribution in [3.05, 3.63) is 57.0 Å². The van der Waals surface area contributed by atoms with Crippen molar-refractivity contribution in [1.29, 1.82) is 0 Å². The van der Waals surface area contributed by atoms with Gasteiger partial charge in [0.2, 0.25) is 0 Å². The van der Waals surface area contributed by atoms with Gasteiger partial charge in [-0.3, -0.25) is 19.0 Å². The van der Waals surface area contributed by atoms with Crippen LogP contribution < -0.4 is 11.2 Å². The molecule has 0 spiro atoms. The Bertz CT molecular complexity index is 1150. The van der Waals surface area contributed by atoms with Crippen LogP contribution in [0.25, 0.3) is 11.2 Å². The number of para-hydroxylation sites is 1. The smallest absolute Gasteiger partial charge is 0.340 e. The highest BCUT2D eigenvalue weighted by atomic mass is 16.5. The van der Waals surface area contributed by atoms with Gasteiger partial charge in [-0.25, -0.2) is 9.78 Å². The summed E-state index contributed by atoms with van der Waals surface area (Å²) in [4.78, 5) is 53.8. The number of hydrogen-bond acceptors (Lipinski definition) is 7. The predicted molar refractivity (Wildman–Crippen MR) is 89.1 cm³/mol. The summed E-state index contributed by atoms with van der Waals surface area (Å²) in [5.41, 5.74) is -2.27. The van der Waals surface area contributed by atoms with Crippen molar-refractivity contribution in [2.24, 2.45) is 7.05 Å². The molecular formula is C16H14N4O6. The molecule has 0 fully saturated rings. The molecule has 0 atom stereocenters. The van der Waals surface area contributed by atoms with Crippen molar-refractivity contribution in [3.8, 4) is 5.75 Å². The van der Waals surface area contributed by atoms with Crippen LogP contribution in [0.1, 0.15) is 10.4 Å². The van der Waals surface area contributed by atoms with E-state index < -0.39 is 29.7 Å². The van der Waals surface area contributed by atoms with Crippen molar-refractivity contribution in [2.75, 3.05) is 7.11 Å². The monoisotopic (exact) mass is 358 g/mol. The number of nitrogens with zero attached hydrogens (tertiary/aromatic N) is 4. The molecular weight excluding hydrogens is 344 g/mol. The third-order valence-corrected chi connectivity index (χ3v) is 3.85. The minimum atomic E-state index is -1.06. The van der Waals surface area contributed by atoms with Crippen molar-refractivity contribution >= 4 is 23.0 Å². The Kier molecular flexibility index (Phi) is 4.16. The molecule has 26 heavy (non-hydrogen) atoms. The normalized spacial score (nSPS) is 10.8. The minimum absolute atomic E-state index is 0.0442. The van der Waals surface area contributed by atoms with E-state index in [0.717, 1.165) is 11.7 Å². The molecule has 1 aromatic carbocycles. The van der Waals surface area contributed by atoms with Crippen LogP contribution in [0.3, 0.4) is 0 Å². The molecule has 0 saturated heterocycles. The van der Waals surface area contributed by atoms with E-state index in [0.29, 0.717) is 4.57 Å². The number of ether oxygens (including phenoxy) is 1. The number of benzene rings is 1. The molecule has 0 aliphatic heterocycles. The molecule has 0 radical (unpaired) electrons. The van der Waals surface area contributed by atoms with E-state index in [-0.39, 0.29) is 22.5 Å². The molecule has 10 heteroatoms. The summed E-state index contributed by atoms with van der Waals surface area (Å²) in [7, 11) is 2.66. The summed E-state index contributed by atoms with van der Waals surface area (Å²) in [6.07, 6.45) is 1.29. The fourth-order valence-electron chi connectivity index (χ4n) is 2.56. The number of phenols is 1. The molecule has 0 unspecified atom stereocenters. The Morgan fingerprint density at radius 2 is 1.92 bits per heavy atom. The van der Waals surface area contributed by atoms with Crippen LogP contribution in [-0.2, 0) is 23.1 Å². The number of carbonyl (C=O) groups excluding carboxylic acids is 2. The van der Waals surface area contributed by atoms with Crippen LogP contribution in [0.4, 0.5) is 0 Å². The van der Waals surface area contributed by atoms with Crippen LogP contribution in [0.15, 0.2) is 40.2 Å². The topological polar surface area (TPSA) is 125 Å². The van der Waals surface area contributed by atoms with Gasteiger partial charge in [0.25, 0.3) is 11.5 Å². The molecule has 0 bridgehead atoms. The third kappa shape index (κ3) is 2.57. The van der Waals surface area contributed by atoms with Gasteiger partial charge < -0.3 is 14.4 Å². The molecule has 0 aliphatic rings. The molecule has 0 amide bonds. The summed E-state index contributed by atoms with van der Waals surface area (Å²) < 4.78 is 7.13. The summed E-state index contributed by atoms with van der Waals surface area (Å²) in [6, 6.07) is 5.51. The van der Waals surface area contributed by atoms with Crippen molar-refractivity contribution in [2.45, 2.75) is 6.54 Å². The van der Waals surface area contributed by atoms with Crippen LogP contribution >= 0.6 is 0 Å². The van der Waals surface area contributed by atoms with E-state index >= 15 is 0 Å². The number of fused-ring (bicyclic) bond motifs is 1. The quantitative estimate of drug-likeness (QED) is 0.624. The Labute approximate surface area is 145 Å². The second-order valence-corrected chi connectivity index (χ2v) is 5.44. The Morgan fingerprint density at radius 3 is 2.58 bits per heavy atom. The number of phenolic OH excluding ortho intramolecular Hbond substituents is 1. The van der Waals surface area contributed by atoms with Gasteiger partial charge in [-0.05, 0) is 12.1 Å². The second kappa shape index (κ2) is 6.31. The van der Waals surface area contributed by atoms with Crippen molar-refractivity contribution in [1.82, 2.24) is 18.7 Å². The van der Waals surface area contributed by atoms with E-state index in [1.165, 1.54) is 42.2 Å². The largest absolute Gasteiger partial charge is 0.507 e. The molecule has 3 rings (SSSR count). The average molecular weight is 358 g/mol. The lowest BCUT2D eigenvalue weighted by molar-refractivity contribution is -0.141. The highest BCUT2D eigenvalue weighted by Crippen LogP contribution is 2.16. The van der Waals surface area contributed by atoms with E-state index in [1.807, 2.05) is 0 Å². The lowest BCUT2D eigenvalue weighted by Crippen LogP contribution is -2.45. The number of aromatic hydroxyl groups is 1. The molecule has 0 aliphatic carbocycles. The number of imidazole rings is 1. The van der Waals surface area contributed by atoms with Crippen LogP contribution in [0, 0.1) is 0 Å². The van der Waals surface area contributed by atoms with Gasteiger partial charge >= 0.3 is 11.7 Å². The summed E-state index contributed by atoms with van der Waals surface area (Å²) in [6.45, 7) is -0.531. The number of carbonyl (C=O) groups is 2. The van der Waals surface area contributed by atoms with Crippen molar-refractivity contribution < 1.29 is 19.4 Å². The number of hydrogen-bond donors (Lipinski definition) is 1. The van der Waals surface area contributed by atoms with Gasteiger partial charge in [0.15, 0.2) is 11.2 Å². The SMILES string of the molecule is COC(=O)Cn1c(=O)n(C(=O)c2ccccc2O)c(=O)c2c1ncn2C. The average Bonchev–Trinajstić information content (AvgIpc) is 3.00. The first-order chi connectivity index (χ1) is 12.4. The molecule has 10 nitrogen and oxygen atoms in total. The minimum Gasteiger partial charge on any atom is -0.507 e. The van der Waals surface area contributed by atoms with Gasteiger partial charge in [-0.2, -0.15) is 4.57 Å². The Hall–Kier alpha value is -3.69. The molecule has 2 aromatic heterocycles. The first kappa shape index (κ1) is 17.1. The fourth-order valence-corrected chi connectivity index (χ4v) is 2.56. The first-order valence-corrected chi connectivity index (χ1v) is 7.43. The van der Waals surface area contributed by atoms with Gasteiger partial charge in [0.05, 0.1) is 19.0 Å². The maximum atomic E-state index is 12.8. The van der Waals surface area contributed by atoms with Crippen LogP contribution in [0.5, 0.6) is 5.75 Å². The lowest BCUT2D eigenvalue weighted by Gasteiger charge is -2.11. The maximum absolute atomic E-state index is 12.8. The van der Waals surface area contributed by atoms with Crippen LogP contribution in [-0.4, -0.2) is 42.8 Å². The van der Waals surface area contributed by atoms with Gasteiger partial charge in [0.1, 0.15) is 12.3 Å². The number of esters is 1. The number of aromatic nitrogens is 4. The summed E-state index contributed by atoms with van der Waals surface area (Å²) >= 11 is 0. The number of methoxy groups -OCH3 is 1. The standard InChI is InChI=1S/C16H14N4O6/c1-18-8-17-13-12(18)15(24)20(16(25)19(13)7-11(22)26-2)14(23)9-5-3-4-6-10(9)21/h3-6,8,21H,7H2,1-2H3. The first-order valence-electron chi connectivity index (χ1n) is 7.43. The Balaban J connectivity index is 2.36. The number of rotatable bonds is 3. The zero-order valence-corrected chi connectivity index (χ0v) is 13.9. The molecule has 134 valence electrons. The third-order valence-electron chi connectivity index (χ3n) is 3.85. The van der Waals surface area contributed by atoms with E-state index in [4.69, 9.17) is 0 Å².